The molecule has 0 aliphatic carbocycles. The van der Waals surface area contributed by atoms with E-state index in [-0.39, 0.29) is 47.0 Å². The molecule has 196 valence electrons. The smallest absolute Gasteiger partial charge is 0.257 e. The zero-order valence-corrected chi connectivity index (χ0v) is 22.9. The Hall–Kier alpha value is -3.56. The maximum atomic E-state index is 13.7. The van der Waals surface area contributed by atoms with Crippen LogP contribution in [0.2, 0.25) is 5.02 Å². The Kier molecular flexibility index (Phi) is 6.61. The second-order valence-corrected chi connectivity index (χ2v) is 12.8. The lowest BCUT2D eigenvalue weighted by Gasteiger charge is -2.34. The highest BCUT2D eigenvalue weighted by atomic mass is 35.5. The summed E-state index contributed by atoms with van der Waals surface area (Å²) in [6.07, 6.45) is 2.21. The highest BCUT2D eigenvalue weighted by Gasteiger charge is 2.37. The van der Waals surface area contributed by atoms with E-state index in [1.165, 1.54) is 11.4 Å². The van der Waals surface area contributed by atoms with Crippen LogP contribution >= 0.6 is 11.6 Å². The Balaban J connectivity index is 1.71. The first kappa shape index (κ1) is 26.1. The minimum absolute atomic E-state index is 0.00484. The molecule has 1 aliphatic rings. The van der Waals surface area contributed by atoms with Crippen molar-refractivity contribution in [3.8, 4) is 22.4 Å². The number of nitrogens with zero attached hydrogens (tertiary/aromatic N) is 3. The third kappa shape index (κ3) is 4.83. The topological polar surface area (TPSA) is 110 Å². The molecule has 5 rings (SSSR count). The quantitative estimate of drug-likeness (QED) is 0.353. The van der Waals surface area contributed by atoms with E-state index in [0.717, 1.165) is 16.7 Å². The van der Waals surface area contributed by atoms with Crippen molar-refractivity contribution >= 4 is 38.8 Å². The van der Waals surface area contributed by atoms with Crippen LogP contribution in [0.25, 0.3) is 28.0 Å². The molecule has 1 N–H and O–H groups in total. The number of aromatic nitrogens is 3. The summed E-state index contributed by atoms with van der Waals surface area (Å²) in [5.74, 6) is -0.907. The van der Waals surface area contributed by atoms with E-state index >= 15 is 0 Å². The summed E-state index contributed by atoms with van der Waals surface area (Å²) >= 11 is 6.56. The van der Waals surface area contributed by atoms with Crippen LogP contribution in [-0.4, -0.2) is 51.8 Å². The number of fused-ring (bicyclic) bond motifs is 1. The van der Waals surface area contributed by atoms with E-state index < -0.39 is 21.3 Å². The van der Waals surface area contributed by atoms with Gasteiger partial charge in [0.25, 0.3) is 5.91 Å². The number of rotatable bonds is 5. The number of sulfone groups is 1. The summed E-state index contributed by atoms with van der Waals surface area (Å²) in [6, 6.07) is 15.2. The first-order valence-corrected chi connectivity index (χ1v) is 14.5. The number of hydrogen-bond donors (Lipinski definition) is 1. The molecule has 38 heavy (non-hydrogen) atoms. The summed E-state index contributed by atoms with van der Waals surface area (Å²) in [6.45, 7) is 5.16. The van der Waals surface area contributed by atoms with E-state index in [1.54, 1.807) is 12.3 Å². The molecule has 0 radical (unpaired) electrons. The van der Waals surface area contributed by atoms with Gasteiger partial charge in [0.15, 0.2) is 11.4 Å². The normalized spacial score (nSPS) is 16.3. The number of benzene rings is 2. The van der Waals surface area contributed by atoms with Crippen molar-refractivity contribution in [1.82, 2.24) is 19.9 Å². The predicted octanol–water partition coefficient (Wildman–Crippen LogP) is 4.92. The Morgan fingerprint density at radius 2 is 1.68 bits per heavy atom. The van der Waals surface area contributed by atoms with Crippen LogP contribution in [0.4, 0.5) is 0 Å². The van der Waals surface area contributed by atoms with Gasteiger partial charge in [-0.3, -0.25) is 9.59 Å². The van der Waals surface area contributed by atoms with Gasteiger partial charge >= 0.3 is 0 Å². The fourth-order valence-corrected chi connectivity index (χ4v) is 6.72. The molecule has 8 nitrogen and oxygen atoms in total. The van der Waals surface area contributed by atoms with Crippen LogP contribution < -0.4 is 5.32 Å². The fraction of sp³-hybridized carbons (Fsp3) is 0.286. The highest BCUT2D eigenvalue weighted by molar-refractivity contribution is 7.91. The molecule has 0 atom stereocenters. The van der Waals surface area contributed by atoms with E-state index in [0.29, 0.717) is 16.3 Å². The van der Waals surface area contributed by atoms with Gasteiger partial charge in [-0.15, -0.1) is 0 Å². The lowest BCUT2D eigenvalue weighted by Crippen LogP contribution is -2.51. The summed E-state index contributed by atoms with van der Waals surface area (Å²) in [4.78, 5) is 31.0. The number of aryl methyl sites for hydroxylation is 1. The van der Waals surface area contributed by atoms with Crippen LogP contribution in [0.3, 0.4) is 0 Å². The second kappa shape index (κ2) is 9.63. The third-order valence-electron chi connectivity index (χ3n) is 7.04. The Morgan fingerprint density at radius 1 is 1.03 bits per heavy atom. The number of ketones is 1. The number of amides is 1. The number of carbonyl (C=O) groups excluding carboxylic acids is 2. The molecule has 0 unspecified atom stereocenters. The van der Waals surface area contributed by atoms with Crippen molar-refractivity contribution in [1.29, 1.82) is 0 Å². The van der Waals surface area contributed by atoms with Gasteiger partial charge in [0.2, 0.25) is 0 Å². The van der Waals surface area contributed by atoms with E-state index in [4.69, 9.17) is 11.6 Å². The summed E-state index contributed by atoms with van der Waals surface area (Å²) < 4.78 is 25.4. The van der Waals surface area contributed by atoms with Gasteiger partial charge in [-0.1, -0.05) is 59.6 Å². The Bertz CT molecular complexity index is 1680. The van der Waals surface area contributed by atoms with Gasteiger partial charge in [0.1, 0.15) is 21.1 Å². The largest absolute Gasteiger partial charge is 0.347 e. The lowest BCUT2D eigenvalue weighted by molar-refractivity contribution is 0.0891. The molecule has 1 amide bonds. The van der Waals surface area contributed by atoms with Crippen molar-refractivity contribution < 1.29 is 18.0 Å². The summed E-state index contributed by atoms with van der Waals surface area (Å²) in [5.41, 5.74) is 3.51. The Morgan fingerprint density at radius 3 is 2.32 bits per heavy atom. The molecule has 10 heteroatoms. The molecular formula is C28H27ClN4O4S. The van der Waals surface area contributed by atoms with E-state index in [2.05, 4.69) is 15.4 Å². The number of nitrogens with one attached hydrogen (secondary N) is 1. The molecule has 0 saturated carbocycles. The number of halogens is 1. The van der Waals surface area contributed by atoms with Gasteiger partial charge in [-0.25, -0.2) is 17.9 Å². The molecule has 0 bridgehead atoms. The van der Waals surface area contributed by atoms with E-state index in [1.807, 2.05) is 56.3 Å². The summed E-state index contributed by atoms with van der Waals surface area (Å²) in [5, 5.41) is 8.09. The maximum absolute atomic E-state index is 13.7. The van der Waals surface area contributed by atoms with Crippen LogP contribution in [-0.2, 0) is 9.84 Å². The summed E-state index contributed by atoms with van der Waals surface area (Å²) in [7, 11) is -3.12. The Labute approximate surface area is 226 Å². The molecule has 1 aliphatic heterocycles. The predicted molar refractivity (Wildman–Crippen MR) is 147 cm³/mol. The minimum Gasteiger partial charge on any atom is -0.347 e. The molecule has 3 heterocycles. The zero-order chi connectivity index (χ0) is 27.2. The van der Waals surface area contributed by atoms with Gasteiger partial charge in [-0.2, -0.15) is 5.10 Å². The van der Waals surface area contributed by atoms with Gasteiger partial charge < -0.3 is 5.32 Å². The molecule has 0 spiro atoms. The van der Waals surface area contributed by atoms with Crippen LogP contribution in [0.1, 0.15) is 53.1 Å². The molecule has 2 aromatic carbocycles. The maximum Gasteiger partial charge on any atom is 0.257 e. The molecule has 4 aromatic rings. The van der Waals surface area contributed by atoms with Gasteiger partial charge in [0, 0.05) is 40.4 Å². The van der Waals surface area contributed by atoms with Crippen molar-refractivity contribution in [2.45, 2.75) is 39.2 Å². The molecule has 1 saturated heterocycles. The van der Waals surface area contributed by atoms with Gasteiger partial charge in [-0.05, 0) is 32.8 Å². The van der Waals surface area contributed by atoms with Crippen LogP contribution in [0.5, 0.6) is 0 Å². The van der Waals surface area contributed by atoms with Crippen molar-refractivity contribution in [2.75, 3.05) is 11.5 Å². The van der Waals surface area contributed by atoms with Crippen LogP contribution in [0, 0.1) is 6.92 Å². The lowest BCUT2D eigenvalue weighted by atomic mass is 9.94. The minimum atomic E-state index is -3.12. The first-order chi connectivity index (χ1) is 18.0. The average molecular weight is 551 g/mol. The number of carbonyl (C=O) groups is 2. The monoisotopic (exact) mass is 550 g/mol. The standard InChI is InChI=1S/C28H27ClN4O4S/c1-17-8-10-19(11-9-17)25-21(20-6-4-5-7-22(20)29)16-30-26-23(24(18(2)34)32-33(25)26)27(35)31-28(3)12-14-38(36,37)15-13-28/h4-11,16H,12-15H2,1-3H3,(H,31,35). The molecular weight excluding hydrogens is 524 g/mol. The van der Waals surface area contributed by atoms with Crippen molar-refractivity contribution in [3.63, 3.8) is 0 Å². The SMILES string of the molecule is CC(=O)c1nn2c(-c3ccc(C)cc3)c(-c3ccccc3Cl)cnc2c1C(=O)NC1(C)CCS(=O)(=O)CC1. The molecule has 2 aromatic heterocycles. The number of hydrogen-bond acceptors (Lipinski definition) is 6. The first-order valence-electron chi connectivity index (χ1n) is 12.3. The average Bonchev–Trinajstić information content (AvgIpc) is 3.27. The molecule has 1 fully saturated rings. The third-order valence-corrected chi connectivity index (χ3v) is 9.02. The van der Waals surface area contributed by atoms with Crippen molar-refractivity contribution in [2.24, 2.45) is 0 Å². The van der Waals surface area contributed by atoms with Gasteiger partial charge in [0.05, 0.1) is 17.2 Å². The van der Waals surface area contributed by atoms with Crippen LogP contribution in [0.15, 0.2) is 54.7 Å². The van der Waals surface area contributed by atoms with E-state index in [9.17, 15) is 18.0 Å². The second-order valence-electron chi connectivity index (χ2n) is 10.0. The number of Topliss-reactive ketones (excluding diaryl/α,β-unsaturated/α-hetero) is 1. The fourth-order valence-electron chi connectivity index (χ4n) is 4.76. The van der Waals surface area contributed by atoms with Crippen molar-refractivity contribution in [3.05, 3.63) is 76.6 Å². The highest BCUT2D eigenvalue weighted by Crippen LogP contribution is 2.37. The zero-order valence-electron chi connectivity index (χ0n) is 21.3.